The van der Waals surface area contributed by atoms with Crippen molar-refractivity contribution in [3.63, 3.8) is 0 Å². The number of thiophene rings is 1. The highest BCUT2D eigenvalue weighted by Gasteiger charge is 2.44. The number of hydrogen-bond acceptors (Lipinski definition) is 4. The van der Waals surface area contributed by atoms with Crippen LogP contribution in [0.3, 0.4) is 0 Å². The van der Waals surface area contributed by atoms with Crippen molar-refractivity contribution in [2.45, 2.75) is 76.4 Å². The van der Waals surface area contributed by atoms with Crippen LogP contribution in [0.5, 0.6) is 0 Å². The fourth-order valence-corrected chi connectivity index (χ4v) is 7.06. The summed E-state index contributed by atoms with van der Waals surface area (Å²) in [5.41, 5.74) is 0.286. The van der Waals surface area contributed by atoms with Crippen LogP contribution in [0.4, 0.5) is 0 Å². The molecule has 2 aliphatic heterocycles. The lowest BCUT2D eigenvalue weighted by molar-refractivity contribution is 0.0504. The van der Waals surface area contributed by atoms with E-state index in [0.717, 1.165) is 49.3 Å². The first-order valence-corrected chi connectivity index (χ1v) is 13.5. The van der Waals surface area contributed by atoms with Gasteiger partial charge in [0.25, 0.3) is 11.8 Å². The normalized spacial score (nSPS) is 25.2. The number of carbonyl (C=O) groups excluding carboxylic acids is 2. The molecule has 176 valence electrons. The van der Waals surface area contributed by atoms with Crippen LogP contribution in [-0.4, -0.2) is 39.8 Å². The predicted molar refractivity (Wildman–Crippen MR) is 132 cm³/mol. The maximum absolute atomic E-state index is 13.2. The largest absolute Gasteiger partial charge is 0.349 e. The van der Waals surface area contributed by atoms with Gasteiger partial charge < -0.3 is 10.2 Å². The summed E-state index contributed by atoms with van der Waals surface area (Å²) in [4.78, 5) is 34.2. The van der Waals surface area contributed by atoms with Crippen LogP contribution in [0.2, 0.25) is 10.0 Å². The fourth-order valence-electron chi connectivity index (χ4n) is 5.58. The molecule has 2 aromatic heterocycles. The van der Waals surface area contributed by atoms with E-state index < -0.39 is 0 Å². The van der Waals surface area contributed by atoms with E-state index in [1.165, 1.54) is 23.9 Å². The Kier molecular flexibility index (Phi) is 6.69. The van der Waals surface area contributed by atoms with Crippen LogP contribution >= 0.6 is 34.5 Å². The number of amides is 2. The highest BCUT2D eigenvalue weighted by molar-refractivity contribution is 7.14. The monoisotopic (exact) mass is 505 g/mol. The van der Waals surface area contributed by atoms with Gasteiger partial charge in [-0.2, -0.15) is 0 Å². The average Bonchev–Trinajstić information content (AvgIpc) is 3.37. The SMILES string of the molecule is CC(CC1CC2CCC(C1)N2C(=O)c1ncc(Cl)cc1Cl)NC(=O)c1ccc(CC2CC2)s1. The van der Waals surface area contributed by atoms with Crippen molar-refractivity contribution < 1.29 is 9.59 Å². The van der Waals surface area contributed by atoms with Crippen molar-refractivity contribution in [1.29, 1.82) is 0 Å². The Balaban J connectivity index is 1.16. The summed E-state index contributed by atoms with van der Waals surface area (Å²) in [7, 11) is 0. The maximum atomic E-state index is 13.2. The van der Waals surface area contributed by atoms with Crippen LogP contribution < -0.4 is 5.32 Å². The lowest BCUT2D eigenvalue weighted by Crippen LogP contribution is -2.47. The molecular formula is C25H29Cl2N3O2S. The van der Waals surface area contributed by atoms with Crippen LogP contribution in [0.1, 0.15) is 76.9 Å². The van der Waals surface area contributed by atoms with Crippen LogP contribution in [-0.2, 0) is 6.42 Å². The number of fused-ring (bicyclic) bond motifs is 2. The molecule has 3 aliphatic rings. The molecule has 3 unspecified atom stereocenters. The fraction of sp³-hybridized carbons (Fsp3) is 0.560. The van der Waals surface area contributed by atoms with Gasteiger partial charge in [-0.05, 0) is 88.3 Å². The molecule has 3 atom stereocenters. The highest BCUT2D eigenvalue weighted by Crippen LogP contribution is 2.41. The molecule has 5 rings (SSSR count). The third kappa shape index (κ3) is 5.23. The van der Waals surface area contributed by atoms with Crippen molar-refractivity contribution in [3.8, 4) is 0 Å². The number of piperidine rings is 1. The smallest absolute Gasteiger partial charge is 0.274 e. The molecule has 1 aliphatic carbocycles. The second-order valence-electron chi connectivity index (χ2n) is 9.94. The summed E-state index contributed by atoms with van der Waals surface area (Å²) in [5.74, 6) is 1.26. The Bertz CT molecular complexity index is 1040. The molecule has 0 aromatic carbocycles. The van der Waals surface area contributed by atoms with Crippen molar-refractivity contribution in [2.75, 3.05) is 0 Å². The summed E-state index contributed by atoms with van der Waals surface area (Å²) in [6.07, 6.45) is 10.1. The van der Waals surface area contributed by atoms with Gasteiger partial charge in [-0.3, -0.25) is 9.59 Å². The lowest BCUT2D eigenvalue weighted by atomic mass is 9.86. The van der Waals surface area contributed by atoms with Crippen LogP contribution in [0, 0.1) is 11.8 Å². The van der Waals surface area contributed by atoms with Gasteiger partial charge in [0.15, 0.2) is 0 Å². The summed E-state index contributed by atoms with van der Waals surface area (Å²) < 4.78 is 0. The number of hydrogen-bond donors (Lipinski definition) is 1. The average molecular weight is 506 g/mol. The molecule has 4 heterocycles. The summed E-state index contributed by atoms with van der Waals surface area (Å²) in [6, 6.07) is 6.16. The van der Waals surface area contributed by atoms with Gasteiger partial charge in [-0.1, -0.05) is 23.2 Å². The Morgan fingerprint density at radius 3 is 2.55 bits per heavy atom. The molecule has 5 nitrogen and oxygen atoms in total. The minimum absolute atomic E-state index is 0.0357. The Labute approximate surface area is 208 Å². The lowest BCUT2D eigenvalue weighted by Gasteiger charge is -2.39. The van der Waals surface area contributed by atoms with E-state index in [4.69, 9.17) is 23.2 Å². The van der Waals surface area contributed by atoms with E-state index in [2.05, 4.69) is 23.3 Å². The zero-order valence-corrected chi connectivity index (χ0v) is 21.1. The van der Waals surface area contributed by atoms with Gasteiger partial charge in [-0.15, -0.1) is 11.3 Å². The van der Waals surface area contributed by atoms with E-state index in [1.54, 1.807) is 17.4 Å². The third-order valence-corrected chi connectivity index (χ3v) is 8.81. The third-order valence-electron chi connectivity index (χ3n) is 7.21. The molecule has 2 amide bonds. The minimum Gasteiger partial charge on any atom is -0.349 e. The number of halogens is 2. The number of nitrogens with one attached hydrogen (secondary N) is 1. The highest BCUT2D eigenvalue weighted by atomic mass is 35.5. The first-order chi connectivity index (χ1) is 15.9. The van der Waals surface area contributed by atoms with Gasteiger partial charge in [-0.25, -0.2) is 4.98 Å². The number of nitrogens with zero attached hydrogens (tertiary/aromatic N) is 2. The van der Waals surface area contributed by atoms with Crippen molar-refractivity contribution in [3.05, 3.63) is 49.9 Å². The van der Waals surface area contributed by atoms with E-state index in [9.17, 15) is 9.59 Å². The Morgan fingerprint density at radius 1 is 1.15 bits per heavy atom. The first-order valence-electron chi connectivity index (χ1n) is 11.9. The second-order valence-corrected chi connectivity index (χ2v) is 12.0. The molecule has 2 bridgehead atoms. The molecule has 8 heteroatoms. The number of carbonyl (C=O) groups is 2. The summed E-state index contributed by atoms with van der Waals surface area (Å²) in [6.45, 7) is 2.09. The quantitative estimate of drug-likeness (QED) is 0.502. The molecule has 3 fully saturated rings. The van der Waals surface area contributed by atoms with Crippen LogP contribution in [0.25, 0.3) is 0 Å². The van der Waals surface area contributed by atoms with Crippen LogP contribution in [0.15, 0.2) is 24.4 Å². The molecule has 0 spiro atoms. The predicted octanol–water partition coefficient (Wildman–Crippen LogP) is 5.99. The van der Waals surface area contributed by atoms with Gasteiger partial charge in [0.1, 0.15) is 5.69 Å². The molecular weight excluding hydrogens is 477 g/mol. The van der Waals surface area contributed by atoms with Crippen molar-refractivity contribution >= 4 is 46.4 Å². The summed E-state index contributed by atoms with van der Waals surface area (Å²) in [5, 5.41) is 3.93. The number of pyridine rings is 1. The molecule has 2 aromatic rings. The molecule has 2 saturated heterocycles. The van der Waals surface area contributed by atoms with Crippen molar-refractivity contribution in [1.82, 2.24) is 15.2 Å². The van der Waals surface area contributed by atoms with E-state index in [1.807, 2.05) is 11.0 Å². The van der Waals surface area contributed by atoms with Gasteiger partial charge in [0.2, 0.25) is 0 Å². The topological polar surface area (TPSA) is 62.3 Å². The number of aromatic nitrogens is 1. The first kappa shape index (κ1) is 23.1. The van der Waals surface area contributed by atoms with Crippen molar-refractivity contribution in [2.24, 2.45) is 11.8 Å². The van der Waals surface area contributed by atoms with Gasteiger partial charge in [0.05, 0.1) is 14.9 Å². The van der Waals surface area contributed by atoms with E-state index in [0.29, 0.717) is 16.0 Å². The minimum atomic E-state index is -0.0938. The molecule has 1 N–H and O–H groups in total. The van der Waals surface area contributed by atoms with E-state index >= 15 is 0 Å². The zero-order chi connectivity index (χ0) is 23.1. The second kappa shape index (κ2) is 9.55. The van der Waals surface area contributed by atoms with E-state index in [-0.39, 0.29) is 35.6 Å². The maximum Gasteiger partial charge on any atom is 0.274 e. The summed E-state index contributed by atoms with van der Waals surface area (Å²) >= 11 is 13.8. The Hall–Kier alpha value is -1.63. The Morgan fingerprint density at radius 2 is 1.88 bits per heavy atom. The van der Waals surface area contributed by atoms with Gasteiger partial charge >= 0.3 is 0 Å². The number of rotatable bonds is 7. The zero-order valence-electron chi connectivity index (χ0n) is 18.7. The molecule has 33 heavy (non-hydrogen) atoms. The van der Waals surface area contributed by atoms with Gasteiger partial charge in [0, 0.05) is 29.2 Å². The molecule has 0 radical (unpaired) electrons. The standard InChI is InChI=1S/C25H29Cl2N3O2S/c1-14(29-24(31)22-7-6-20(33-22)11-15-2-3-15)8-16-9-18-4-5-19(10-16)30(18)25(32)23-21(27)12-17(26)13-28-23/h6-7,12-16,18-19H,2-5,8-11H2,1H3,(H,29,31). The molecule has 1 saturated carbocycles.